The number of aromatic amines is 1. The topological polar surface area (TPSA) is 80.4 Å². The maximum Gasteiger partial charge on any atom is 0.268 e. The van der Waals surface area contributed by atoms with E-state index >= 15 is 0 Å². The number of hydrogen-bond donors (Lipinski definition) is 2. The number of amides is 1. The van der Waals surface area contributed by atoms with Gasteiger partial charge in [-0.25, -0.2) is 0 Å². The van der Waals surface area contributed by atoms with Gasteiger partial charge >= 0.3 is 0 Å². The van der Waals surface area contributed by atoms with Crippen LogP contribution in [-0.4, -0.2) is 43.5 Å². The first-order valence-corrected chi connectivity index (χ1v) is 9.58. The summed E-state index contributed by atoms with van der Waals surface area (Å²) in [6.07, 6.45) is 1.67. The van der Waals surface area contributed by atoms with E-state index in [9.17, 15) is 9.59 Å². The van der Waals surface area contributed by atoms with Crippen LogP contribution in [0.5, 0.6) is 5.75 Å². The first-order chi connectivity index (χ1) is 13.4. The van der Waals surface area contributed by atoms with Gasteiger partial charge in [0.05, 0.1) is 7.11 Å². The second kappa shape index (κ2) is 8.19. The largest absolute Gasteiger partial charge is 0.497 e. The lowest BCUT2D eigenvalue weighted by Gasteiger charge is -2.38. The Kier molecular flexibility index (Phi) is 5.89. The smallest absolute Gasteiger partial charge is 0.268 e. The van der Waals surface area contributed by atoms with E-state index in [4.69, 9.17) is 9.47 Å². The van der Waals surface area contributed by atoms with Crippen LogP contribution in [-0.2, 0) is 10.2 Å². The molecule has 28 heavy (non-hydrogen) atoms. The molecule has 3 rings (SSSR count). The number of benzene rings is 1. The zero-order valence-electron chi connectivity index (χ0n) is 17.0. The van der Waals surface area contributed by atoms with Crippen molar-refractivity contribution >= 4 is 11.7 Å². The lowest BCUT2D eigenvalue weighted by molar-refractivity contribution is 0.0486. The summed E-state index contributed by atoms with van der Waals surface area (Å²) >= 11 is 0. The van der Waals surface area contributed by atoms with Gasteiger partial charge in [-0.05, 0) is 56.9 Å². The van der Waals surface area contributed by atoms with E-state index in [1.165, 1.54) is 12.5 Å². The standard InChI is InChI=1S/C22H28N2O4/c1-14-19(16(3)25)15(2)24-20(14)21(26)23-13-22(9-11-28-12-10-22)17-5-7-18(27-4)8-6-17/h5-8,24H,9-13H2,1-4H3,(H,23,26). The fraction of sp³-hybridized carbons (Fsp3) is 0.455. The number of nitrogens with one attached hydrogen (secondary N) is 2. The third-order valence-corrected chi connectivity index (χ3v) is 5.76. The molecular formula is C22H28N2O4. The molecule has 0 saturated carbocycles. The Morgan fingerprint density at radius 3 is 2.36 bits per heavy atom. The molecule has 0 bridgehead atoms. The molecule has 0 atom stereocenters. The van der Waals surface area contributed by atoms with Crippen molar-refractivity contribution in [3.8, 4) is 5.75 Å². The average molecular weight is 384 g/mol. The van der Waals surface area contributed by atoms with E-state index in [1.807, 2.05) is 26.0 Å². The van der Waals surface area contributed by atoms with Gasteiger partial charge in [0.25, 0.3) is 5.91 Å². The molecule has 0 unspecified atom stereocenters. The predicted octanol–water partition coefficient (Wildman–Crippen LogP) is 3.32. The number of methoxy groups -OCH3 is 1. The van der Waals surface area contributed by atoms with E-state index in [0.29, 0.717) is 36.6 Å². The third-order valence-electron chi connectivity index (χ3n) is 5.76. The molecule has 2 heterocycles. The van der Waals surface area contributed by atoms with Crippen molar-refractivity contribution in [1.29, 1.82) is 0 Å². The van der Waals surface area contributed by atoms with Gasteiger partial charge in [-0.2, -0.15) is 0 Å². The molecule has 0 spiro atoms. The molecule has 1 amide bonds. The minimum Gasteiger partial charge on any atom is -0.497 e. The highest BCUT2D eigenvalue weighted by Gasteiger charge is 2.35. The summed E-state index contributed by atoms with van der Waals surface area (Å²) in [5.41, 5.74) is 3.47. The van der Waals surface area contributed by atoms with Crippen LogP contribution in [0.2, 0.25) is 0 Å². The number of hydrogen-bond acceptors (Lipinski definition) is 4. The van der Waals surface area contributed by atoms with Gasteiger partial charge in [0.15, 0.2) is 5.78 Å². The Balaban J connectivity index is 1.81. The van der Waals surface area contributed by atoms with Gasteiger partial charge in [-0.3, -0.25) is 9.59 Å². The molecular weight excluding hydrogens is 356 g/mol. The Bertz CT molecular complexity index is 861. The molecule has 0 aliphatic carbocycles. The van der Waals surface area contributed by atoms with Crippen molar-refractivity contribution in [3.63, 3.8) is 0 Å². The van der Waals surface area contributed by atoms with Crippen LogP contribution in [0.15, 0.2) is 24.3 Å². The molecule has 2 aromatic rings. The van der Waals surface area contributed by atoms with Crippen LogP contribution in [0.1, 0.15) is 57.4 Å². The van der Waals surface area contributed by atoms with Gasteiger partial charge < -0.3 is 19.8 Å². The van der Waals surface area contributed by atoms with E-state index in [-0.39, 0.29) is 17.1 Å². The molecule has 1 aromatic heterocycles. The summed E-state index contributed by atoms with van der Waals surface area (Å²) < 4.78 is 10.8. The van der Waals surface area contributed by atoms with Crippen molar-refractivity contribution in [2.75, 3.05) is 26.9 Å². The van der Waals surface area contributed by atoms with Gasteiger partial charge in [0, 0.05) is 36.4 Å². The van der Waals surface area contributed by atoms with Crippen LogP contribution >= 0.6 is 0 Å². The molecule has 1 saturated heterocycles. The minimum absolute atomic E-state index is 0.0376. The number of carbonyl (C=O) groups excluding carboxylic acids is 2. The van der Waals surface area contributed by atoms with E-state index in [0.717, 1.165) is 24.3 Å². The summed E-state index contributed by atoms with van der Waals surface area (Å²) in [5, 5.41) is 3.09. The molecule has 1 aliphatic rings. The highest BCUT2D eigenvalue weighted by atomic mass is 16.5. The SMILES string of the molecule is COc1ccc(C2(CNC(=O)c3[nH]c(C)c(C(C)=O)c3C)CCOCC2)cc1. The molecule has 6 heteroatoms. The van der Waals surface area contributed by atoms with Crippen LogP contribution in [0.3, 0.4) is 0 Å². The summed E-state index contributed by atoms with van der Waals surface area (Å²) in [4.78, 5) is 27.8. The van der Waals surface area contributed by atoms with Crippen molar-refractivity contribution in [1.82, 2.24) is 10.3 Å². The first kappa shape index (κ1) is 20.1. The number of ether oxygens (including phenoxy) is 2. The van der Waals surface area contributed by atoms with Crippen LogP contribution in [0.25, 0.3) is 0 Å². The maximum atomic E-state index is 12.9. The molecule has 1 fully saturated rings. The second-order valence-corrected chi connectivity index (χ2v) is 7.49. The van der Waals surface area contributed by atoms with Crippen molar-refractivity contribution in [3.05, 3.63) is 52.3 Å². The van der Waals surface area contributed by atoms with E-state index in [2.05, 4.69) is 22.4 Å². The van der Waals surface area contributed by atoms with Gasteiger partial charge in [-0.15, -0.1) is 0 Å². The number of rotatable bonds is 6. The minimum atomic E-state index is -0.188. The molecule has 150 valence electrons. The Hall–Kier alpha value is -2.60. The van der Waals surface area contributed by atoms with Crippen LogP contribution < -0.4 is 10.1 Å². The number of ketones is 1. The zero-order valence-corrected chi connectivity index (χ0v) is 17.0. The molecule has 2 N–H and O–H groups in total. The molecule has 1 aromatic carbocycles. The third kappa shape index (κ3) is 3.83. The van der Waals surface area contributed by atoms with Crippen molar-refractivity contribution in [2.24, 2.45) is 0 Å². The van der Waals surface area contributed by atoms with E-state index in [1.54, 1.807) is 7.11 Å². The normalized spacial score (nSPS) is 15.9. The highest BCUT2D eigenvalue weighted by molar-refractivity contribution is 6.02. The summed E-state index contributed by atoms with van der Waals surface area (Å²) in [6.45, 7) is 6.98. The summed E-state index contributed by atoms with van der Waals surface area (Å²) in [7, 11) is 1.65. The molecule has 0 radical (unpaired) electrons. The first-order valence-electron chi connectivity index (χ1n) is 9.58. The molecule has 6 nitrogen and oxygen atoms in total. The van der Waals surface area contributed by atoms with Gasteiger partial charge in [0.1, 0.15) is 11.4 Å². The lowest BCUT2D eigenvalue weighted by Crippen LogP contribution is -2.44. The number of H-pyrrole nitrogens is 1. The Labute approximate surface area is 165 Å². The number of aromatic nitrogens is 1. The number of carbonyl (C=O) groups is 2. The highest BCUT2D eigenvalue weighted by Crippen LogP contribution is 2.35. The Morgan fingerprint density at radius 2 is 1.82 bits per heavy atom. The van der Waals surface area contributed by atoms with Gasteiger partial charge in [0.2, 0.25) is 0 Å². The fourth-order valence-corrected chi connectivity index (χ4v) is 4.12. The van der Waals surface area contributed by atoms with Crippen molar-refractivity contribution in [2.45, 2.75) is 39.0 Å². The summed E-state index contributed by atoms with van der Waals surface area (Å²) in [5.74, 6) is 0.584. The van der Waals surface area contributed by atoms with E-state index < -0.39 is 0 Å². The van der Waals surface area contributed by atoms with Gasteiger partial charge in [-0.1, -0.05) is 12.1 Å². The average Bonchev–Trinajstić information content (AvgIpc) is 3.01. The Morgan fingerprint density at radius 1 is 1.18 bits per heavy atom. The fourth-order valence-electron chi connectivity index (χ4n) is 4.12. The summed E-state index contributed by atoms with van der Waals surface area (Å²) in [6, 6.07) is 8.03. The number of Topliss-reactive ketones (excluding diaryl/α,β-unsaturated/α-hetero) is 1. The predicted molar refractivity (Wildman–Crippen MR) is 107 cm³/mol. The second-order valence-electron chi connectivity index (χ2n) is 7.49. The maximum absolute atomic E-state index is 12.9. The number of aryl methyl sites for hydroxylation is 1. The van der Waals surface area contributed by atoms with Crippen molar-refractivity contribution < 1.29 is 19.1 Å². The molecule has 1 aliphatic heterocycles. The zero-order chi connectivity index (χ0) is 20.3. The quantitative estimate of drug-likeness (QED) is 0.749. The lowest BCUT2D eigenvalue weighted by atomic mass is 9.74. The van der Waals surface area contributed by atoms with Crippen LogP contribution in [0, 0.1) is 13.8 Å². The van der Waals surface area contributed by atoms with Crippen LogP contribution in [0.4, 0.5) is 0 Å². The monoisotopic (exact) mass is 384 g/mol.